The first kappa shape index (κ1) is 8.01. The second-order valence-corrected chi connectivity index (χ2v) is 1.80. The third-order valence-corrected chi connectivity index (χ3v) is 0.563. The summed E-state index contributed by atoms with van der Waals surface area (Å²) in [6.45, 7) is 6.86. The van der Waals surface area contributed by atoms with Gasteiger partial charge >= 0.3 is 6.09 Å². The Balaban J connectivity index is 3.38. The lowest BCUT2D eigenvalue weighted by molar-refractivity contribution is 0.119. The predicted octanol–water partition coefficient (Wildman–Crippen LogP) is 1.26. The van der Waals surface area contributed by atoms with E-state index in [0.717, 1.165) is 0 Å². The van der Waals surface area contributed by atoms with Crippen LogP contribution < -0.4 is 5.32 Å². The fraction of sp³-hybridized carbons (Fsp3) is 0.500. The minimum atomic E-state index is -0.458. The van der Waals surface area contributed by atoms with Gasteiger partial charge in [0.1, 0.15) is 0 Å². The third-order valence-electron chi connectivity index (χ3n) is 0.563. The van der Waals surface area contributed by atoms with Crippen molar-refractivity contribution >= 4 is 6.09 Å². The summed E-state index contributed by atoms with van der Waals surface area (Å²) in [5, 5.41) is 2.28. The molecule has 0 aromatic carbocycles. The van der Waals surface area contributed by atoms with Crippen LogP contribution in [0.2, 0.25) is 0 Å². The number of carbonyl (C=O) groups is 1. The second kappa shape index (κ2) is 3.95. The van der Waals surface area contributed by atoms with E-state index in [4.69, 9.17) is 0 Å². The van der Waals surface area contributed by atoms with Crippen LogP contribution in [0.15, 0.2) is 12.8 Å². The van der Waals surface area contributed by atoms with Gasteiger partial charge in [0, 0.05) is 0 Å². The Morgan fingerprint density at radius 1 is 1.78 bits per heavy atom. The monoisotopic (exact) mass is 129 g/mol. The standard InChI is InChI=1S/C6H11NO2/c1-4-7-6(8)9-5(2)3/h4-5H,1H2,2-3H3,(H,7,8). The number of nitrogens with one attached hydrogen (secondary N) is 1. The number of rotatable bonds is 2. The fourth-order valence-electron chi connectivity index (χ4n) is 0.331. The van der Waals surface area contributed by atoms with Gasteiger partial charge in [0.15, 0.2) is 0 Å². The van der Waals surface area contributed by atoms with Gasteiger partial charge in [0.05, 0.1) is 6.10 Å². The van der Waals surface area contributed by atoms with Crippen molar-refractivity contribution in [3.05, 3.63) is 12.8 Å². The van der Waals surface area contributed by atoms with E-state index >= 15 is 0 Å². The Morgan fingerprint density at radius 2 is 2.33 bits per heavy atom. The van der Waals surface area contributed by atoms with E-state index in [0.29, 0.717) is 0 Å². The van der Waals surface area contributed by atoms with Crippen LogP contribution in [0.4, 0.5) is 4.79 Å². The molecule has 52 valence electrons. The second-order valence-electron chi connectivity index (χ2n) is 1.80. The first-order valence-corrected chi connectivity index (χ1v) is 2.75. The summed E-state index contributed by atoms with van der Waals surface area (Å²) >= 11 is 0. The molecule has 0 heterocycles. The maximum atomic E-state index is 10.4. The van der Waals surface area contributed by atoms with Gasteiger partial charge < -0.3 is 4.74 Å². The summed E-state index contributed by atoms with van der Waals surface area (Å²) in [6, 6.07) is 0. The lowest BCUT2D eigenvalue weighted by Gasteiger charge is -2.05. The van der Waals surface area contributed by atoms with Crippen molar-refractivity contribution in [3.63, 3.8) is 0 Å². The van der Waals surface area contributed by atoms with Crippen LogP contribution in [0.5, 0.6) is 0 Å². The summed E-state index contributed by atoms with van der Waals surface area (Å²) < 4.78 is 4.67. The summed E-state index contributed by atoms with van der Waals surface area (Å²) in [5.74, 6) is 0. The highest BCUT2D eigenvalue weighted by molar-refractivity contribution is 5.68. The molecular weight excluding hydrogens is 118 g/mol. The molecule has 0 atom stereocenters. The van der Waals surface area contributed by atoms with Crippen LogP contribution >= 0.6 is 0 Å². The predicted molar refractivity (Wildman–Crippen MR) is 34.9 cm³/mol. The molecule has 3 heteroatoms. The zero-order valence-corrected chi connectivity index (χ0v) is 5.68. The molecule has 0 saturated heterocycles. The number of hydrogen-bond acceptors (Lipinski definition) is 2. The lowest BCUT2D eigenvalue weighted by atomic mass is 10.5. The Morgan fingerprint density at radius 3 is 2.67 bits per heavy atom. The number of carbonyl (C=O) groups excluding carboxylic acids is 1. The molecule has 0 bridgehead atoms. The molecule has 3 nitrogen and oxygen atoms in total. The zero-order chi connectivity index (χ0) is 7.28. The van der Waals surface area contributed by atoms with Gasteiger partial charge in [-0.25, -0.2) is 4.79 Å². The first-order chi connectivity index (χ1) is 4.16. The first-order valence-electron chi connectivity index (χ1n) is 2.75. The molecule has 0 aromatic rings. The number of hydrogen-bond donors (Lipinski definition) is 1. The minimum Gasteiger partial charge on any atom is -0.447 e. The molecule has 1 N–H and O–H groups in total. The van der Waals surface area contributed by atoms with Gasteiger partial charge in [-0.2, -0.15) is 0 Å². The summed E-state index contributed by atoms with van der Waals surface area (Å²) in [4.78, 5) is 10.4. The largest absolute Gasteiger partial charge is 0.447 e. The molecule has 0 aliphatic carbocycles. The molecule has 0 rings (SSSR count). The van der Waals surface area contributed by atoms with E-state index in [1.807, 2.05) is 0 Å². The Kier molecular flexibility index (Phi) is 3.51. The van der Waals surface area contributed by atoms with E-state index < -0.39 is 6.09 Å². The molecule has 0 aliphatic heterocycles. The smallest absolute Gasteiger partial charge is 0.411 e. The average molecular weight is 129 g/mol. The summed E-state index contributed by atoms with van der Waals surface area (Å²) in [6.07, 6.45) is 0.745. The van der Waals surface area contributed by atoms with Crippen molar-refractivity contribution < 1.29 is 9.53 Å². The van der Waals surface area contributed by atoms with Gasteiger partial charge in [0.2, 0.25) is 0 Å². The van der Waals surface area contributed by atoms with Crippen molar-refractivity contribution in [2.24, 2.45) is 0 Å². The molecule has 0 spiro atoms. The van der Waals surface area contributed by atoms with Crippen molar-refractivity contribution in [2.45, 2.75) is 20.0 Å². The zero-order valence-electron chi connectivity index (χ0n) is 5.68. The van der Waals surface area contributed by atoms with Crippen molar-refractivity contribution in [1.29, 1.82) is 0 Å². The SMILES string of the molecule is C=CNC(=O)OC(C)C. The maximum Gasteiger partial charge on any atom is 0.411 e. The highest BCUT2D eigenvalue weighted by Crippen LogP contribution is 1.86. The van der Waals surface area contributed by atoms with Gasteiger partial charge in [-0.15, -0.1) is 0 Å². The molecule has 0 radical (unpaired) electrons. The molecule has 0 aliphatic rings. The van der Waals surface area contributed by atoms with Crippen molar-refractivity contribution in [3.8, 4) is 0 Å². The van der Waals surface area contributed by atoms with Gasteiger partial charge in [-0.3, -0.25) is 5.32 Å². The normalized spacial score (nSPS) is 8.78. The molecule has 0 unspecified atom stereocenters. The maximum absolute atomic E-state index is 10.4. The Bertz CT molecular complexity index is 110. The highest BCUT2D eigenvalue weighted by Gasteiger charge is 1.99. The quantitative estimate of drug-likeness (QED) is 0.609. The van der Waals surface area contributed by atoms with E-state index in [1.54, 1.807) is 13.8 Å². The van der Waals surface area contributed by atoms with Gasteiger partial charge in [0.25, 0.3) is 0 Å². The van der Waals surface area contributed by atoms with Crippen LogP contribution in [0.25, 0.3) is 0 Å². The van der Waals surface area contributed by atoms with Gasteiger partial charge in [-0.05, 0) is 20.0 Å². The number of alkyl carbamates (subject to hydrolysis) is 1. The van der Waals surface area contributed by atoms with Crippen LogP contribution in [0.3, 0.4) is 0 Å². The summed E-state index contributed by atoms with van der Waals surface area (Å²) in [7, 11) is 0. The van der Waals surface area contributed by atoms with E-state index in [9.17, 15) is 4.79 Å². The molecule has 9 heavy (non-hydrogen) atoms. The Hall–Kier alpha value is -0.990. The average Bonchev–Trinajstić information content (AvgIpc) is 1.63. The lowest BCUT2D eigenvalue weighted by Crippen LogP contribution is -2.21. The summed E-state index contributed by atoms with van der Waals surface area (Å²) in [5.41, 5.74) is 0. The van der Waals surface area contributed by atoms with Crippen LogP contribution in [0.1, 0.15) is 13.8 Å². The Labute approximate surface area is 54.7 Å². The van der Waals surface area contributed by atoms with Crippen LogP contribution in [-0.4, -0.2) is 12.2 Å². The van der Waals surface area contributed by atoms with E-state index in [1.165, 1.54) is 6.20 Å². The van der Waals surface area contributed by atoms with Crippen molar-refractivity contribution in [1.82, 2.24) is 5.32 Å². The van der Waals surface area contributed by atoms with Crippen LogP contribution in [0, 0.1) is 0 Å². The van der Waals surface area contributed by atoms with E-state index in [-0.39, 0.29) is 6.10 Å². The number of ether oxygens (including phenoxy) is 1. The fourth-order valence-corrected chi connectivity index (χ4v) is 0.331. The van der Waals surface area contributed by atoms with E-state index in [2.05, 4.69) is 16.6 Å². The third kappa shape index (κ3) is 4.87. The van der Waals surface area contributed by atoms with Gasteiger partial charge in [-0.1, -0.05) is 6.58 Å². The topological polar surface area (TPSA) is 38.3 Å². The minimum absolute atomic E-state index is 0.0788. The molecule has 0 saturated carbocycles. The highest BCUT2D eigenvalue weighted by atomic mass is 16.6. The van der Waals surface area contributed by atoms with Crippen molar-refractivity contribution in [2.75, 3.05) is 0 Å². The van der Waals surface area contributed by atoms with Crippen LogP contribution in [-0.2, 0) is 4.74 Å². The molecule has 0 aromatic heterocycles. The molecule has 0 fully saturated rings. The molecule has 1 amide bonds. The number of amides is 1. The molecular formula is C6H11NO2.